The molecule has 0 bridgehead atoms. The first kappa shape index (κ1) is 13.1. The van der Waals surface area contributed by atoms with Gasteiger partial charge >= 0.3 is 0 Å². The molecule has 0 aromatic heterocycles. The lowest BCUT2D eigenvalue weighted by Crippen LogP contribution is -2.32. The first-order chi connectivity index (χ1) is 9.17. The Labute approximate surface area is 114 Å². The summed E-state index contributed by atoms with van der Waals surface area (Å²) in [4.78, 5) is 2.94. The smallest absolute Gasteiger partial charge is 0.180 e. The summed E-state index contributed by atoms with van der Waals surface area (Å²) in [6, 6.07) is 7.31. The van der Waals surface area contributed by atoms with Crippen LogP contribution < -0.4 is 5.32 Å². The second kappa shape index (κ2) is 5.23. The van der Waals surface area contributed by atoms with Crippen molar-refractivity contribution in [2.75, 3.05) is 31.9 Å². The van der Waals surface area contributed by atoms with Crippen molar-refractivity contribution in [1.29, 1.82) is 0 Å². The largest absolute Gasteiger partial charge is 0.308 e. The number of sulfone groups is 1. The maximum atomic E-state index is 12.0. The average Bonchev–Trinajstić information content (AvgIpc) is 2.98. The monoisotopic (exact) mass is 280 g/mol. The van der Waals surface area contributed by atoms with Crippen molar-refractivity contribution in [1.82, 2.24) is 10.2 Å². The molecule has 1 unspecified atom stereocenters. The van der Waals surface area contributed by atoms with Gasteiger partial charge in [0.2, 0.25) is 0 Å². The van der Waals surface area contributed by atoms with Crippen LogP contribution in [0, 0.1) is 0 Å². The van der Waals surface area contributed by atoms with Gasteiger partial charge in [0.15, 0.2) is 9.84 Å². The molecule has 1 aromatic rings. The predicted molar refractivity (Wildman–Crippen MR) is 74.9 cm³/mol. The molecular formula is C14H20N2O2S. The minimum Gasteiger partial charge on any atom is -0.308 e. The molecule has 5 heteroatoms. The van der Waals surface area contributed by atoms with Crippen LogP contribution in [0.4, 0.5) is 0 Å². The molecule has 1 N–H and O–H groups in total. The van der Waals surface area contributed by atoms with Crippen molar-refractivity contribution < 1.29 is 8.42 Å². The summed E-state index contributed by atoms with van der Waals surface area (Å²) < 4.78 is 24.1. The molecule has 2 aliphatic rings. The Kier molecular flexibility index (Phi) is 3.60. The van der Waals surface area contributed by atoms with E-state index in [1.54, 1.807) is 12.1 Å². The van der Waals surface area contributed by atoms with Gasteiger partial charge in [-0.25, -0.2) is 8.42 Å². The van der Waals surface area contributed by atoms with Gasteiger partial charge in [0.1, 0.15) is 0 Å². The molecule has 1 fully saturated rings. The highest BCUT2D eigenvalue weighted by atomic mass is 32.2. The van der Waals surface area contributed by atoms with Gasteiger partial charge in [-0.15, -0.1) is 0 Å². The van der Waals surface area contributed by atoms with Crippen LogP contribution >= 0.6 is 0 Å². The number of likely N-dealkylation sites (tertiary alicyclic amines) is 1. The molecule has 2 aliphatic heterocycles. The minimum absolute atomic E-state index is 0.0381. The summed E-state index contributed by atoms with van der Waals surface area (Å²) in [5.74, 6) is 0.201. The van der Waals surface area contributed by atoms with Crippen molar-refractivity contribution in [2.24, 2.45) is 0 Å². The molecule has 19 heavy (non-hydrogen) atoms. The fourth-order valence-electron chi connectivity index (χ4n) is 3.02. The van der Waals surface area contributed by atoms with Gasteiger partial charge in [-0.2, -0.15) is 0 Å². The van der Waals surface area contributed by atoms with Crippen LogP contribution in [0.5, 0.6) is 0 Å². The van der Waals surface area contributed by atoms with Gasteiger partial charge < -0.3 is 10.2 Å². The lowest BCUT2D eigenvalue weighted by molar-refractivity contribution is 0.330. The van der Waals surface area contributed by atoms with Crippen LogP contribution in [0.3, 0.4) is 0 Å². The molecule has 1 atom stereocenters. The van der Waals surface area contributed by atoms with E-state index in [4.69, 9.17) is 0 Å². The number of hydrogen-bond acceptors (Lipinski definition) is 4. The summed E-state index contributed by atoms with van der Waals surface area (Å²) in [5.41, 5.74) is 0.934. The van der Waals surface area contributed by atoms with Gasteiger partial charge in [-0.05, 0) is 37.6 Å². The maximum absolute atomic E-state index is 12.0. The van der Waals surface area contributed by atoms with E-state index >= 15 is 0 Å². The zero-order chi connectivity index (χ0) is 13.3. The molecular weight excluding hydrogens is 260 g/mol. The Balaban J connectivity index is 1.63. The Hall–Kier alpha value is -0.910. The Morgan fingerprint density at radius 2 is 1.95 bits per heavy atom. The van der Waals surface area contributed by atoms with E-state index in [1.165, 1.54) is 25.9 Å². The van der Waals surface area contributed by atoms with Crippen LogP contribution in [0.25, 0.3) is 0 Å². The highest BCUT2D eigenvalue weighted by Crippen LogP contribution is 2.32. The molecule has 0 aliphatic carbocycles. The maximum Gasteiger partial charge on any atom is 0.180 e. The number of benzene rings is 1. The van der Waals surface area contributed by atoms with Gasteiger partial charge in [0.05, 0.1) is 10.6 Å². The SMILES string of the molecule is O=S1(=O)CC(NCCN2CCCC2)c2ccccc21. The fourth-order valence-corrected chi connectivity index (χ4v) is 4.79. The van der Waals surface area contributed by atoms with E-state index in [9.17, 15) is 8.42 Å². The quantitative estimate of drug-likeness (QED) is 0.900. The third kappa shape index (κ3) is 2.68. The van der Waals surface area contributed by atoms with E-state index < -0.39 is 9.84 Å². The number of nitrogens with zero attached hydrogens (tertiary/aromatic N) is 1. The van der Waals surface area contributed by atoms with E-state index in [-0.39, 0.29) is 11.8 Å². The standard InChI is InChI=1S/C14H20N2O2S/c17-19(18)11-13(12-5-1-2-6-14(12)19)15-7-10-16-8-3-4-9-16/h1-2,5-6,13,15H,3-4,7-11H2. The molecule has 4 nitrogen and oxygen atoms in total. The summed E-state index contributed by atoms with van der Waals surface area (Å²) in [7, 11) is -3.08. The minimum atomic E-state index is -3.08. The van der Waals surface area contributed by atoms with Crippen molar-refractivity contribution >= 4 is 9.84 Å². The third-order valence-corrected chi connectivity index (χ3v) is 5.85. The van der Waals surface area contributed by atoms with E-state index in [0.717, 1.165) is 18.7 Å². The topological polar surface area (TPSA) is 49.4 Å². The molecule has 1 aromatic carbocycles. The van der Waals surface area contributed by atoms with Crippen LogP contribution in [-0.2, 0) is 9.84 Å². The first-order valence-corrected chi connectivity index (χ1v) is 8.59. The first-order valence-electron chi connectivity index (χ1n) is 6.94. The van der Waals surface area contributed by atoms with E-state index in [1.807, 2.05) is 12.1 Å². The Morgan fingerprint density at radius 1 is 1.21 bits per heavy atom. The average molecular weight is 280 g/mol. The van der Waals surface area contributed by atoms with Crippen LogP contribution in [0.15, 0.2) is 29.2 Å². The van der Waals surface area contributed by atoms with Gasteiger partial charge in [-0.3, -0.25) is 0 Å². The predicted octanol–water partition coefficient (Wildman–Crippen LogP) is 1.20. The van der Waals surface area contributed by atoms with E-state index in [0.29, 0.717) is 4.90 Å². The number of fused-ring (bicyclic) bond motifs is 1. The third-order valence-electron chi connectivity index (χ3n) is 4.03. The molecule has 0 amide bonds. The van der Waals surface area contributed by atoms with Crippen molar-refractivity contribution in [3.8, 4) is 0 Å². The highest BCUT2D eigenvalue weighted by Gasteiger charge is 2.33. The van der Waals surface area contributed by atoms with Gasteiger partial charge in [0.25, 0.3) is 0 Å². The van der Waals surface area contributed by atoms with Crippen molar-refractivity contribution in [2.45, 2.75) is 23.8 Å². The van der Waals surface area contributed by atoms with Crippen LogP contribution in [-0.4, -0.2) is 45.2 Å². The van der Waals surface area contributed by atoms with E-state index in [2.05, 4.69) is 10.2 Å². The van der Waals surface area contributed by atoms with Gasteiger partial charge in [0, 0.05) is 19.1 Å². The molecule has 0 spiro atoms. The summed E-state index contributed by atoms with van der Waals surface area (Å²) >= 11 is 0. The second-order valence-corrected chi connectivity index (χ2v) is 7.38. The zero-order valence-electron chi connectivity index (χ0n) is 11.0. The van der Waals surface area contributed by atoms with Gasteiger partial charge in [-0.1, -0.05) is 18.2 Å². The zero-order valence-corrected chi connectivity index (χ0v) is 11.8. The lowest BCUT2D eigenvalue weighted by Gasteiger charge is -2.17. The fraction of sp³-hybridized carbons (Fsp3) is 0.571. The Bertz CT molecular complexity index is 550. The lowest BCUT2D eigenvalue weighted by atomic mass is 10.1. The molecule has 2 heterocycles. The van der Waals surface area contributed by atoms with Crippen molar-refractivity contribution in [3.05, 3.63) is 29.8 Å². The molecule has 104 valence electrons. The number of nitrogens with one attached hydrogen (secondary N) is 1. The summed E-state index contributed by atoms with van der Waals surface area (Å²) in [6.07, 6.45) is 2.58. The van der Waals surface area contributed by atoms with Crippen LogP contribution in [0.1, 0.15) is 24.4 Å². The second-order valence-electron chi connectivity index (χ2n) is 5.37. The molecule has 0 radical (unpaired) electrons. The Morgan fingerprint density at radius 3 is 2.74 bits per heavy atom. The molecule has 3 rings (SSSR count). The molecule has 1 saturated heterocycles. The van der Waals surface area contributed by atoms with Crippen LogP contribution in [0.2, 0.25) is 0 Å². The number of hydrogen-bond donors (Lipinski definition) is 1. The summed E-state index contributed by atoms with van der Waals surface area (Å²) in [6.45, 7) is 4.23. The van der Waals surface area contributed by atoms with Crippen molar-refractivity contribution in [3.63, 3.8) is 0 Å². The molecule has 0 saturated carbocycles. The normalized spacial score (nSPS) is 25.6. The number of rotatable bonds is 4. The summed E-state index contributed by atoms with van der Waals surface area (Å²) in [5, 5.41) is 3.40. The highest BCUT2D eigenvalue weighted by molar-refractivity contribution is 7.91.